The molecule has 2 aromatic carbocycles. The Kier molecular flexibility index (Phi) is 4.39. The van der Waals surface area contributed by atoms with Crippen molar-refractivity contribution in [1.82, 2.24) is 0 Å². The minimum Gasteiger partial charge on any atom is -0.497 e. The van der Waals surface area contributed by atoms with E-state index in [4.69, 9.17) is 15.2 Å². The van der Waals surface area contributed by atoms with Crippen LogP contribution in [0.1, 0.15) is 11.1 Å². The first-order chi connectivity index (χ1) is 9.28. The summed E-state index contributed by atoms with van der Waals surface area (Å²) in [6.45, 7) is 0.304. The molecule has 100 valence electrons. The molecule has 4 nitrogen and oxygen atoms in total. The Morgan fingerprint density at radius 3 is 2.53 bits per heavy atom. The number of ether oxygens (including phenoxy) is 2. The van der Waals surface area contributed by atoms with Crippen LogP contribution in [0.3, 0.4) is 0 Å². The molecule has 0 aromatic heterocycles. The van der Waals surface area contributed by atoms with E-state index in [2.05, 4.69) is 0 Å². The normalized spacial score (nSPS) is 10.3. The molecule has 2 aromatic rings. The van der Waals surface area contributed by atoms with Crippen LogP contribution in [0.15, 0.2) is 42.5 Å². The van der Waals surface area contributed by atoms with Gasteiger partial charge in [0.2, 0.25) is 0 Å². The highest BCUT2D eigenvalue weighted by molar-refractivity contribution is 5.45. The third-order valence-corrected chi connectivity index (χ3v) is 2.86. The van der Waals surface area contributed by atoms with Crippen molar-refractivity contribution in [1.29, 1.82) is 0 Å². The molecule has 0 aliphatic carbocycles. The van der Waals surface area contributed by atoms with Crippen molar-refractivity contribution >= 4 is 0 Å². The zero-order valence-corrected chi connectivity index (χ0v) is 10.8. The van der Waals surface area contributed by atoms with Gasteiger partial charge in [-0.25, -0.2) is 0 Å². The van der Waals surface area contributed by atoms with Gasteiger partial charge in [0.15, 0.2) is 0 Å². The van der Waals surface area contributed by atoms with E-state index in [0.717, 1.165) is 11.1 Å². The summed E-state index contributed by atoms with van der Waals surface area (Å²) in [5, 5.41) is 9.29. The zero-order valence-electron chi connectivity index (χ0n) is 10.8. The Hall–Kier alpha value is -2.04. The molecule has 0 saturated heterocycles. The van der Waals surface area contributed by atoms with Gasteiger partial charge in [-0.2, -0.15) is 0 Å². The molecule has 0 spiro atoms. The number of aliphatic hydroxyl groups is 1. The molecular formula is C15H17NO3. The van der Waals surface area contributed by atoms with Crippen molar-refractivity contribution in [2.45, 2.75) is 13.2 Å². The smallest absolute Gasteiger partial charge is 0.135 e. The van der Waals surface area contributed by atoms with Gasteiger partial charge in [-0.15, -0.1) is 0 Å². The first-order valence-electron chi connectivity index (χ1n) is 6.02. The van der Waals surface area contributed by atoms with Crippen LogP contribution in [0, 0.1) is 0 Å². The SMILES string of the molecule is COc1ccc(CN)c(Oc2ccccc2CO)c1. The van der Waals surface area contributed by atoms with Crippen LogP contribution in [0.5, 0.6) is 17.2 Å². The van der Waals surface area contributed by atoms with Crippen LogP contribution in [0.2, 0.25) is 0 Å². The molecule has 0 fully saturated rings. The maximum atomic E-state index is 9.29. The van der Waals surface area contributed by atoms with Gasteiger partial charge in [0.1, 0.15) is 17.2 Å². The van der Waals surface area contributed by atoms with Crippen LogP contribution in [0.25, 0.3) is 0 Å². The van der Waals surface area contributed by atoms with E-state index in [1.807, 2.05) is 36.4 Å². The number of rotatable bonds is 5. The van der Waals surface area contributed by atoms with Crippen LogP contribution >= 0.6 is 0 Å². The van der Waals surface area contributed by atoms with Crippen LogP contribution in [-0.2, 0) is 13.2 Å². The second-order valence-electron chi connectivity index (χ2n) is 4.05. The van der Waals surface area contributed by atoms with Crippen molar-refractivity contribution in [2.75, 3.05) is 7.11 Å². The van der Waals surface area contributed by atoms with Crippen molar-refractivity contribution in [2.24, 2.45) is 5.73 Å². The number of para-hydroxylation sites is 1. The quantitative estimate of drug-likeness (QED) is 0.865. The number of benzene rings is 2. The van der Waals surface area contributed by atoms with E-state index in [1.54, 1.807) is 13.2 Å². The fourth-order valence-electron chi connectivity index (χ4n) is 1.78. The molecule has 0 unspecified atom stereocenters. The minimum absolute atomic E-state index is 0.0713. The predicted molar refractivity (Wildman–Crippen MR) is 73.3 cm³/mol. The molecule has 0 radical (unpaired) electrons. The van der Waals surface area contributed by atoms with Gasteiger partial charge in [0, 0.05) is 23.7 Å². The zero-order chi connectivity index (χ0) is 13.7. The van der Waals surface area contributed by atoms with Gasteiger partial charge in [-0.3, -0.25) is 0 Å². The first kappa shape index (κ1) is 13.4. The number of methoxy groups -OCH3 is 1. The third-order valence-electron chi connectivity index (χ3n) is 2.86. The van der Waals surface area contributed by atoms with Crippen molar-refractivity contribution < 1.29 is 14.6 Å². The molecule has 0 amide bonds. The summed E-state index contributed by atoms with van der Waals surface area (Å²) in [5.74, 6) is 1.96. The fourth-order valence-corrected chi connectivity index (χ4v) is 1.78. The van der Waals surface area contributed by atoms with Crippen molar-refractivity contribution in [3.8, 4) is 17.2 Å². The maximum absolute atomic E-state index is 9.29. The number of aliphatic hydroxyl groups excluding tert-OH is 1. The van der Waals surface area contributed by atoms with Crippen molar-refractivity contribution in [3.63, 3.8) is 0 Å². The van der Waals surface area contributed by atoms with Gasteiger partial charge in [0.25, 0.3) is 0 Å². The lowest BCUT2D eigenvalue weighted by molar-refractivity contribution is 0.276. The number of hydrogen-bond donors (Lipinski definition) is 2. The molecule has 2 rings (SSSR count). The Morgan fingerprint density at radius 1 is 1.05 bits per heavy atom. The van der Waals surface area contributed by atoms with Gasteiger partial charge < -0.3 is 20.3 Å². The summed E-state index contributed by atoms with van der Waals surface area (Å²) in [6, 6.07) is 12.8. The van der Waals surface area contributed by atoms with E-state index >= 15 is 0 Å². The Balaban J connectivity index is 2.36. The van der Waals surface area contributed by atoms with Crippen molar-refractivity contribution in [3.05, 3.63) is 53.6 Å². The summed E-state index contributed by atoms with van der Waals surface area (Å²) in [5.41, 5.74) is 7.31. The maximum Gasteiger partial charge on any atom is 0.135 e. The second-order valence-corrected chi connectivity index (χ2v) is 4.05. The van der Waals surface area contributed by atoms with E-state index in [-0.39, 0.29) is 6.61 Å². The molecule has 3 N–H and O–H groups in total. The average Bonchev–Trinajstić information content (AvgIpc) is 2.47. The summed E-state index contributed by atoms with van der Waals surface area (Å²) in [6.07, 6.45) is 0. The van der Waals surface area contributed by atoms with Gasteiger partial charge in [-0.05, 0) is 12.1 Å². The molecular weight excluding hydrogens is 242 g/mol. The van der Waals surface area contributed by atoms with Crippen LogP contribution < -0.4 is 15.2 Å². The standard InChI is InChI=1S/C15H17NO3/c1-18-13-7-6-11(9-16)15(8-13)19-14-5-3-2-4-12(14)10-17/h2-8,17H,9-10,16H2,1H3. The Morgan fingerprint density at radius 2 is 1.84 bits per heavy atom. The largest absolute Gasteiger partial charge is 0.497 e. The molecule has 0 saturated carbocycles. The number of hydrogen-bond acceptors (Lipinski definition) is 4. The summed E-state index contributed by atoms with van der Waals surface area (Å²) in [4.78, 5) is 0. The van der Waals surface area contributed by atoms with Gasteiger partial charge >= 0.3 is 0 Å². The molecule has 0 aliphatic rings. The second kappa shape index (κ2) is 6.22. The van der Waals surface area contributed by atoms with E-state index in [0.29, 0.717) is 23.8 Å². The lowest BCUT2D eigenvalue weighted by Crippen LogP contribution is -2.01. The molecule has 0 aliphatic heterocycles. The molecule has 0 heterocycles. The molecule has 0 atom stereocenters. The monoisotopic (exact) mass is 259 g/mol. The highest BCUT2D eigenvalue weighted by Gasteiger charge is 2.08. The summed E-state index contributed by atoms with van der Waals surface area (Å²) < 4.78 is 11.0. The third kappa shape index (κ3) is 3.05. The minimum atomic E-state index is -0.0713. The summed E-state index contributed by atoms with van der Waals surface area (Å²) >= 11 is 0. The fraction of sp³-hybridized carbons (Fsp3) is 0.200. The average molecular weight is 259 g/mol. The lowest BCUT2D eigenvalue weighted by Gasteiger charge is -2.13. The Bertz CT molecular complexity index is 555. The van der Waals surface area contributed by atoms with Gasteiger partial charge in [-0.1, -0.05) is 24.3 Å². The number of nitrogens with two attached hydrogens (primary N) is 1. The van der Waals surface area contributed by atoms with E-state index < -0.39 is 0 Å². The molecule has 19 heavy (non-hydrogen) atoms. The summed E-state index contributed by atoms with van der Waals surface area (Å²) in [7, 11) is 1.60. The predicted octanol–water partition coefficient (Wildman–Crippen LogP) is 2.44. The highest BCUT2D eigenvalue weighted by Crippen LogP contribution is 2.31. The van der Waals surface area contributed by atoms with Gasteiger partial charge in [0.05, 0.1) is 13.7 Å². The van der Waals surface area contributed by atoms with Crippen LogP contribution in [0.4, 0.5) is 0 Å². The molecule has 4 heteroatoms. The molecule has 0 bridgehead atoms. The lowest BCUT2D eigenvalue weighted by atomic mass is 10.1. The highest BCUT2D eigenvalue weighted by atomic mass is 16.5. The topological polar surface area (TPSA) is 64.7 Å². The van der Waals surface area contributed by atoms with E-state index in [9.17, 15) is 5.11 Å². The Labute approximate surface area is 112 Å². The van der Waals surface area contributed by atoms with Crippen LogP contribution in [-0.4, -0.2) is 12.2 Å². The first-order valence-corrected chi connectivity index (χ1v) is 6.02. The van der Waals surface area contributed by atoms with E-state index in [1.165, 1.54) is 0 Å².